The predicted molar refractivity (Wildman–Crippen MR) is 49.6 cm³/mol. The number of halogens is 3. The topological polar surface area (TPSA) is 114 Å². The van der Waals surface area contributed by atoms with E-state index in [0.29, 0.717) is 6.20 Å². The van der Waals surface area contributed by atoms with E-state index < -0.39 is 38.5 Å². The quantitative estimate of drug-likeness (QED) is 0.610. The van der Waals surface area contributed by atoms with Crippen molar-refractivity contribution >= 4 is 16.1 Å². The number of carboxylic acids is 1. The summed E-state index contributed by atoms with van der Waals surface area (Å²) in [7, 11) is -6.04. The van der Waals surface area contributed by atoms with E-state index >= 15 is 0 Å². The van der Waals surface area contributed by atoms with Gasteiger partial charge >= 0.3 is 21.6 Å². The number of aromatic carboxylic acids is 1. The number of rotatable bonds is 3. The molecule has 100 valence electrons. The minimum absolute atomic E-state index is 0.284. The SMILES string of the molecule is O=C(O)c1c[nH]c(=O)cc1OS(=O)(=O)C(F)(F)F. The van der Waals surface area contributed by atoms with E-state index in [0.717, 1.165) is 0 Å². The summed E-state index contributed by atoms with van der Waals surface area (Å²) >= 11 is 0. The highest BCUT2D eigenvalue weighted by molar-refractivity contribution is 7.88. The smallest absolute Gasteiger partial charge is 0.477 e. The molecule has 0 amide bonds. The molecule has 0 aliphatic carbocycles. The monoisotopic (exact) mass is 287 g/mol. The first-order valence-electron chi connectivity index (χ1n) is 4.01. The van der Waals surface area contributed by atoms with Crippen molar-refractivity contribution in [3.63, 3.8) is 0 Å². The van der Waals surface area contributed by atoms with Crippen LogP contribution in [0.25, 0.3) is 0 Å². The molecule has 1 heterocycles. The number of aromatic nitrogens is 1. The van der Waals surface area contributed by atoms with Crippen molar-refractivity contribution in [3.05, 3.63) is 28.2 Å². The third kappa shape index (κ3) is 2.80. The van der Waals surface area contributed by atoms with Crippen LogP contribution in [0, 0.1) is 0 Å². The summed E-state index contributed by atoms with van der Waals surface area (Å²) in [5, 5.41) is 8.58. The summed E-state index contributed by atoms with van der Waals surface area (Å²) in [6, 6.07) is 0.284. The van der Waals surface area contributed by atoms with Gasteiger partial charge in [-0.1, -0.05) is 0 Å². The fourth-order valence-corrected chi connectivity index (χ4v) is 1.32. The largest absolute Gasteiger partial charge is 0.534 e. The van der Waals surface area contributed by atoms with Gasteiger partial charge in [-0.3, -0.25) is 4.79 Å². The van der Waals surface area contributed by atoms with Crippen molar-refractivity contribution in [2.75, 3.05) is 0 Å². The lowest BCUT2D eigenvalue weighted by atomic mass is 10.3. The van der Waals surface area contributed by atoms with Crippen LogP contribution in [-0.4, -0.2) is 30.0 Å². The van der Waals surface area contributed by atoms with Gasteiger partial charge in [0.25, 0.3) is 5.56 Å². The van der Waals surface area contributed by atoms with Crippen molar-refractivity contribution in [2.24, 2.45) is 0 Å². The fraction of sp³-hybridized carbons (Fsp3) is 0.143. The molecule has 0 radical (unpaired) electrons. The van der Waals surface area contributed by atoms with Crippen LogP contribution < -0.4 is 9.74 Å². The molecule has 0 atom stereocenters. The second-order valence-corrected chi connectivity index (χ2v) is 4.40. The maximum Gasteiger partial charge on any atom is 0.534 e. The van der Waals surface area contributed by atoms with E-state index in [-0.39, 0.29) is 6.07 Å². The average molecular weight is 287 g/mol. The number of pyridine rings is 1. The Labute approximate surface area is 96.9 Å². The van der Waals surface area contributed by atoms with Crippen LogP contribution in [0.4, 0.5) is 13.2 Å². The molecule has 1 aromatic rings. The maximum absolute atomic E-state index is 12.0. The Hall–Kier alpha value is -2.04. The van der Waals surface area contributed by atoms with Gasteiger partial charge in [0.05, 0.1) is 0 Å². The molecule has 0 aliphatic rings. The second-order valence-electron chi connectivity index (χ2n) is 2.86. The van der Waals surface area contributed by atoms with Crippen molar-refractivity contribution in [2.45, 2.75) is 5.51 Å². The van der Waals surface area contributed by atoms with Gasteiger partial charge in [0.1, 0.15) is 5.56 Å². The average Bonchev–Trinajstić information content (AvgIpc) is 2.14. The number of H-pyrrole nitrogens is 1. The molecule has 2 N–H and O–H groups in total. The van der Waals surface area contributed by atoms with E-state index in [1.165, 1.54) is 0 Å². The summed E-state index contributed by atoms with van der Waals surface area (Å²) in [5.41, 5.74) is -7.68. The molecule has 0 bridgehead atoms. The third-order valence-corrected chi connectivity index (χ3v) is 2.57. The first-order chi connectivity index (χ1) is 8.04. The van der Waals surface area contributed by atoms with Crippen molar-refractivity contribution in [3.8, 4) is 5.75 Å². The van der Waals surface area contributed by atoms with Crippen LogP contribution in [0.2, 0.25) is 0 Å². The van der Waals surface area contributed by atoms with E-state index in [1.54, 1.807) is 0 Å². The van der Waals surface area contributed by atoms with E-state index in [1.807, 2.05) is 4.98 Å². The Bertz CT molecular complexity index is 631. The molecule has 0 spiro atoms. The lowest BCUT2D eigenvalue weighted by molar-refractivity contribution is -0.0500. The first-order valence-corrected chi connectivity index (χ1v) is 5.42. The number of alkyl halides is 3. The summed E-state index contributed by atoms with van der Waals surface area (Å²) < 4.78 is 60.9. The molecule has 0 fully saturated rings. The number of aromatic amines is 1. The lowest BCUT2D eigenvalue weighted by Gasteiger charge is -2.10. The number of hydrogen-bond acceptors (Lipinski definition) is 5. The molecule has 0 aliphatic heterocycles. The Morgan fingerprint density at radius 2 is 1.94 bits per heavy atom. The van der Waals surface area contributed by atoms with Gasteiger partial charge in [-0.2, -0.15) is 21.6 Å². The Kier molecular flexibility index (Phi) is 3.37. The fourth-order valence-electron chi connectivity index (χ4n) is 0.854. The highest BCUT2D eigenvalue weighted by Gasteiger charge is 2.49. The van der Waals surface area contributed by atoms with Gasteiger partial charge in [-0.15, -0.1) is 0 Å². The highest BCUT2D eigenvalue weighted by atomic mass is 32.2. The number of nitrogens with one attached hydrogen (secondary N) is 1. The van der Waals surface area contributed by atoms with Crippen LogP contribution in [0.3, 0.4) is 0 Å². The van der Waals surface area contributed by atoms with E-state index in [9.17, 15) is 31.2 Å². The Balaban J connectivity index is 3.32. The van der Waals surface area contributed by atoms with Gasteiger partial charge in [-0.05, 0) is 0 Å². The standard InChI is InChI=1S/C7H4F3NO6S/c8-7(9,10)18(15,16)17-4-1-5(12)11-2-3(4)6(13)14/h1-2H,(H,11,12)(H,13,14). The van der Waals surface area contributed by atoms with Crippen LogP contribution in [0.15, 0.2) is 17.1 Å². The molecule has 0 saturated heterocycles. The zero-order valence-corrected chi connectivity index (χ0v) is 9.00. The van der Waals surface area contributed by atoms with Crippen molar-refractivity contribution in [1.82, 2.24) is 4.98 Å². The summed E-state index contributed by atoms with van der Waals surface area (Å²) in [5.74, 6) is -2.98. The molecular formula is C7H4F3NO6S. The van der Waals surface area contributed by atoms with Crippen molar-refractivity contribution < 1.29 is 35.7 Å². The van der Waals surface area contributed by atoms with Gasteiger partial charge in [0, 0.05) is 12.3 Å². The lowest BCUT2D eigenvalue weighted by Crippen LogP contribution is -2.29. The number of carboxylic acid groups (broad SMARTS) is 1. The molecule has 0 aromatic carbocycles. The van der Waals surface area contributed by atoms with Crippen molar-refractivity contribution in [1.29, 1.82) is 0 Å². The third-order valence-electron chi connectivity index (χ3n) is 1.60. The van der Waals surface area contributed by atoms with Gasteiger partial charge in [-0.25, -0.2) is 4.79 Å². The zero-order valence-electron chi connectivity index (χ0n) is 8.19. The number of hydrogen-bond donors (Lipinski definition) is 2. The summed E-state index contributed by atoms with van der Waals surface area (Å²) in [6.07, 6.45) is 0.520. The molecule has 1 aromatic heterocycles. The van der Waals surface area contributed by atoms with Crippen LogP contribution in [0.1, 0.15) is 10.4 Å². The zero-order chi connectivity index (χ0) is 14.1. The summed E-state index contributed by atoms with van der Waals surface area (Å²) in [6.45, 7) is 0. The molecule has 1 rings (SSSR count). The predicted octanol–water partition coefficient (Wildman–Crippen LogP) is 0.302. The molecule has 18 heavy (non-hydrogen) atoms. The maximum atomic E-state index is 12.0. The minimum Gasteiger partial charge on any atom is -0.477 e. The van der Waals surface area contributed by atoms with Crippen LogP contribution in [0.5, 0.6) is 5.75 Å². The van der Waals surface area contributed by atoms with Gasteiger partial charge in [0.15, 0.2) is 5.75 Å². The van der Waals surface area contributed by atoms with Gasteiger partial charge < -0.3 is 14.3 Å². The summed E-state index contributed by atoms with van der Waals surface area (Å²) in [4.78, 5) is 23.2. The Morgan fingerprint density at radius 1 is 1.39 bits per heavy atom. The highest BCUT2D eigenvalue weighted by Crippen LogP contribution is 2.27. The minimum atomic E-state index is -6.04. The molecule has 7 nitrogen and oxygen atoms in total. The van der Waals surface area contributed by atoms with E-state index in [2.05, 4.69) is 4.18 Å². The molecule has 0 unspecified atom stereocenters. The van der Waals surface area contributed by atoms with Gasteiger partial charge in [0.2, 0.25) is 0 Å². The van der Waals surface area contributed by atoms with Crippen LogP contribution >= 0.6 is 0 Å². The first kappa shape index (κ1) is 14.0. The second kappa shape index (κ2) is 4.33. The normalized spacial score (nSPS) is 12.2. The molecule has 11 heteroatoms. The number of carbonyl (C=O) groups is 1. The molecular weight excluding hydrogens is 283 g/mol. The van der Waals surface area contributed by atoms with E-state index in [4.69, 9.17) is 5.11 Å². The Morgan fingerprint density at radius 3 is 2.39 bits per heavy atom. The van der Waals surface area contributed by atoms with Crippen LogP contribution in [-0.2, 0) is 10.1 Å². The molecule has 0 saturated carbocycles.